The summed E-state index contributed by atoms with van der Waals surface area (Å²) in [5.74, 6) is 0.973. The number of hydrogen-bond acceptors (Lipinski definition) is 15. The Hall–Kier alpha value is -4.88. The number of nitriles is 1. The fraction of sp³-hybridized carbons (Fsp3) is 0.475. The molecule has 7 heterocycles. The fourth-order valence-electron chi connectivity index (χ4n) is 10.2. The molecule has 15 heteroatoms. The molecule has 7 aliphatic rings. The molecule has 14 nitrogen and oxygen atoms in total. The first-order chi connectivity index (χ1) is 26.4. The van der Waals surface area contributed by atoms with Gasteiger partial charge >= 0.3 is 11.9 Å². The smallest absolute Gasteiger partial charge is 0.331 e. The van der Waals surface area contributed by atoms with Crippen molar-refractivity contribution in [3.05, 3.63) is 62.7 Å². The van der Waals surface area contributed by atoms with Crippen LogP contribution in [0.4, 0.5) is 0 Å². The number of rotatable bonds is 3. The van der Waals surface area contributed by atoms with Crippen LogP contribution in [0.3, 0.4) is 0 Å². The van der Waals surface area contributed by atoms with Crippen molar-refractivity contribution in [1.82, 2.24) is 15.1 Å². The molecule has 0 aliphatic carbocycles. The Labute approximate surface area is 322 Å². The standard InChI is InChI=1S/C40H42N4O10S/c1-17-9-21-10-23-24(13-41)44-25-14-51-39(48)40(22-12-27(49-5)26(46)11-20(22)7-8-42-40)15-55-38(32(44)31(43(23)4)28(21)33(47)34(17)50-6)30-29(25)37-36(52-16-53-37)18(2)35(30)54-19(3)45/h9,11-12,23-25,31-32,38,42,46-47H,7-8,10,14-16H2,1-6H3/t23-,24+,25-,31+,32?,38-,40-/m1/s1. The molecule has 0 saturated carbocycles. The topological polar surface area (TPSA) is 172 Å². The molecule has 3 aromatic carbocycles. The van der Waals surface area contributed by atoms with Crippen LogP contribution in [0.15, 0.2) is 18.2 Å². The third kappa shape index (κ3) is 4.90. The van der Waals surface area contributed by atoms with E-state index in [2.05, 4.69) is 21.2 Å². The van der Waals surface area contributed by atoms with E-state index in [4.69, 9.17) is 28.4 Å². The number of likely N-dealkylation sites (N-methyl/N-ethyl adjacent to an activating group) is 1. The Balaban J connectivity index is 1.33. The third-order valence-electron chi connectivity index (χ3n) is 12.4. The molecular weight excluding hydrogens is 729 g/mol. The second-order valence-corrected chi connectivity index (χ2v) is 16.2. The van der Waals surface area contributed by atoms with E-state index in [-0.39, 0.29) is 42.4 Å². The molecule has 3 N–H and O–H groups in total. The van der Waals surface area contributed by atoms with Crippen LogP contribution in [0.5, 0.6) is 40.2 Å². The largest absolute Gasteiger partial charge is 0.504 e. The van der Waals surface area contributed by atoms with E-state index in [1.807, 2.05) is 27.0 Å². The molecule has 2 fully saturated rings. The zero-order valence-corrected chi connectivity index (χ0v) is 32.2. The first kappa shape index (κ1) is 35.8. The first-order valence-electron chi connectivity index (χ1n) is 18.3. The van der Waals surface area contributed by atoms with Gasteiger partial charge in [-0.15, -0.1) is 11.8 Å². The number of phenols is 2. The molecule has 2 saturated heterocycles. The zero-order chi connectivity index (χ0) is 38.7. The summed E-state index contributed by atoms with van der Waals surface area (Å²) in [5.41, 5.74) is 4.41. The SMILES string of the molecule is COc1cc2c(cc1O)CCN[C@]21CS[C@@H]2c3c(OC(C)=O)c(C)c4c(c3[C@@H](COC1=O)N1C2[C@@H]2c3c(cc(C)c(OC)c3O)C[C@H]([C@@H]1C#N)N2C)OCO4. The molecule has 4 bridgehead atoms. The van der Waals surface area contributed by atoms with Gasteiger partial charge < -0.3 is 38.6 Å². The van der Waals surface area contributed by atoms with Crippen LogP contribution < -0.4 is 29.0 Å². The van der Waals surface area contributed by atoms with Gasteiger partial charge in [0.25, 0.3) is 0 Å². The Kier molecular flexibility index (Phi) is 8.36. The van der Waals surface area contributed by atoms with Crippen molar-refractivity contribution >= 4 is 23.7 Å². The summed E-state index contributed by atoms with van der Waals surface area (Å²) in [6.07, 6.45) is 1.05. The average molecular weight is 771 g/mol. The van der Waals surface area contributed by atoms with Crippen molar-refractivity contribution in [3.8, 4) is 46.3 Å². The number of nitrogens with one attached hydrogen (secondary N) is 1. The Morgan fingerprint density at radius 1 is 1.05 bits per heavy atom. The van der Waals surface area contributed by atoms with E-state index in [0.717, 1.165) is 16.7 Å². The Bertz CT molecular complexity index is 2220. The number of hydrogen-bond donors (Lipinski definition) is 3. The summed E-state index contributed by atoms with van der Waals surface area (Å²) in [6, 6.07) is 5.28. The minimum absolute atomic E-state index is 0.0239. The minimum Gasteiger partial charge on any atom is -0.504 e. The van der Waals surface area contributed by atoms with E-state index in [1.165, 1.54) is 32.9 Å². The van der Waals surface area contributed by atoms with Crippen LogP contribution in [0.2, 0.25) is 0 Å². The van der Waals surface area contributed by atoms with Gasteiger partial charge in [0.1, 0.15) is 18.4 Å². The number of fused-ring (bicyclic) bond motifs is 9. The Morgan fingerprint density at radius 3 is 2.56 bits per heavy atom. The second kappa shape index (κ2) is 12.8. The highest BCUT2D eigenvalue weighted by atomic mass is 32.2. The lowest BCUT2D eigenvalue weighted by atomic mass is 9.71. The van der Waals surface area contributed by atoms with Gasteiger partial charge in [-0.2, -0.15) is 5.26 Å². The molecule has 3 aromatic rings. The van der Waals surface area contributed by atoms with Gasteiger partial charge in [0, 0.05) is 53.6 Å². The molecule has 1 unspecified atom stereocenters. The monoisotopic (exact) mass is 770 g/mol. The van der Waals surface area contributed by atoms with Gasteiger partial charge in [-0.1, -0.05) is 6.07 Å². The van der Waals surface area contributed by atoms with E-state index in [0.29, 0.717) is 70.2 Å². The number of aryl methyl sites for hydroxylation is 1. The predicted octanol–water partition coefficient (Wildman–Crippen LogP) is 3.99. The summed E-state index contributed by atoms with van der Waals surface area (Å²) in [6.45, 7) is 5.28. The quantitative estimate of drug-likeness (QED) is 0.258. The van der Waals surface area contributed by atoms with Gasteiger partial charge in [0.15, 0.2) is 40.0 Å². The molecule has 0 aromatic heterocycles. The van der Waals surface area contributed by atoms with Crippen molar-refractivity contribution in [1.29, 1.82) is 5.26 Å². The summed E-state index contributed by atoms with van der Waals surface area (Å²) < 4.78 is 36.1. The van der Waals surface area contributed by atoms with Crippen LogP contribution in [0.25, 0.3) is 0 Å². The van der Waals surface area contributed by atoms with Crippen molar-refractivity contribution < 1.29 is 48.2 Å². The van der Waals surface area contributed by atoms with Crippen LogP contribution in [-0.4, -0.2) is 97.0 Å². The molecule has 7 atom stereocenters. The lowest BCUT2D eigenvalue weighted by Gasteiger charge is -2.62. The number of thioether (sulfide) groups is 1. The van der Waals surface area contributed by atoms with Gasteiger partial charge in [0.05, 0.1) is 37.6 Å². The van der Waals surface area contributed by atoms with Crippen LogP contribution in [-0.2, 0) is 32.7 Å². The lowest BCUT2D eigenvalue weighted by Crippen LogP contribution is -2.69. The maximum Gasteiger partial charge on any atom is 0.331 e. The predicted molar refractivity (Wildman–Crippen MR) is 198 cm³/mol. The highest BCUT2D eigenvalue weighted by Crippen LogP contribution is 2.64. The van der Waals surface area contributed by atoms with Crippen LogP contribution >= 0.6 is 11.8 Å². The van der Waals surface area contributed by atoms with Gasteiger partial charge in [-0.05, 0) is 68.1 Å². The van der Waals surface area contributed by atoms with Crippen LogP contribution in [0, 0.1) is 25.2 Å². The average Bonchev–Trinajstić information content (AvgIpc) is 3.65. The van der Waals surface area contributed by atoms with Crippen LogP contribution in [0.1, 0.15) is 68.8 Å². The molecule has 0 amide bonds. The second-order valence-electron chi connectivity index (χ2n) is 15.1. The molecule has 0 radical (unpaired) electrons. The van der Waals surface area contributed by atoms with E-state index in [1.54, 1.807) is 12.1 Å². The van der Waals surface area contributed by atoms with E-state index in [9.17, 15) is 25.1 Å². The molecule has 55 heavy (non-hydrogen) atoms. The minimum atomic E-state index is -1.36. The number of nitrogens with zero attached hydrogens (tertiary/aromatic N) is 3. The molecule has 288 valence electrons. The maximum atomic E-state index is 14.7. The number of aromatic hydroxyl groups is 2. The highest BCUT2D eigenvalue weighted by Gasteiger charge is 2.62. The van der Waals surface area contributed by atoms with Gasteiger partial charge in [-0.25, -0.2) is 4.79 Å². The van der Waals surface area contributed by atoms with E-state index >= 15 is 0 Å². The van der Waals surface area contributed by atoms with Crippen molar-refractivity contribution in [2.75, 3.05) is 47.0 Å². The Morgan fingerprint density at radius 2 is 1.84 bits per heavy atom. The number of ether oxygens (including phenoxy) is 6. The normalized spacial score (nSPS) is 28.9. The maximum absolute atomic E-state index is 14.7. The lowest BCUT2D eigenvalue weighted by molar-refractivity contribution is -0.157. The molecular formula is C40H42N4O10S. The zero-order valence-electron chi connectivity index (χ0n) is 31.3. The number of piperazine rings is 1. The number of esters is 2. The van der Waals surface area contributed by atoms with Crippen molar-refractivity contribution in [2.45, 2.75) is 74.6 Å². The summed E-state index contributed by atoms with van der Waals surface area (Å²) in [7, 11) is 4.99. The summed E-state index contributed by atoms with van der Waals surface area (Å²) in [5, 5.41) is 36.9. The fourth-order valence-corrected chi connectivity index (χ4v) is 11.9. The van der Waals surface area contributed by atoms with Crippen molar-refractivity contribution in [2.24, 2.45) is 0 Å². The number of methoxy groups -OCH3 is 2. The van der Waals surface area contributed by atoms with Gasteiger partial charge in [0.2, 0.25) is 6.79 Å². The summed E-state index contributed by atoms with van der Waals surface area (Å²) >= 11 is 1.48. The number of carbonyl (C=O) groups excluding carboxylic acids is 2. The van der Waals surface area contributed by atoms with Crippen molar-refractivity contribution in [3.63, 3.8) is 0 Å². The molecule has 7 aliphatic heterocycles. The number of phenolic OH excluding ortho intramolecular Hbond substituents is 2. The third-order valence-corrected chi connectivity index (χ3v) is 13.9. The summed E-state index contributed by atoms with van der Waals surface area (Å²) in [4.78, 5) is 32.0. The molecule has 10 rings (SSSR count). The molecule has 1 spiro atoms. The number of benzene rings is 3. The highest BCUT2D eigenvalue weighted by molar-refractivity contribution is 7.99. The number of carbonyl (C=O) groups is 2. The van der Waals surface area contributed by atoms with E-state index < -0.39 is 46.9 Å². The van der Waals surface area contributed by atoms with Gasteiger partial charge in [-0.3, -0.25) is 19.9 Å². The first-order valence-corrected chi connectivity index (χ1v) is 19.4.